The molecule has 0 unspecified atom stereocenters. The number of thioether (sulfide) groups is 1. The molecule has 7 heteroatoms. The van der Waals surface area contributed by atoms with Crippen LogP contribution in [0.25, 0.3) is 22.7 Å². The minimum absolute atomic E-state index is 0.290. The van der Waals surface area contributed by atoms with Gasteiger partial charge in [0.2, 0.25) is 5.89 Å². The van der Waals surface area contributed by atoms with E-state index in [1.807, 2.05) is 6.26 Å². The third kappa shape index (κ3) is 1.79. The van der Waals surface area contributed by atoms with Gasteiger partial charge in [-0.15, -0.1) is 0 Å². The lowest BCUT2D eigenvalue weighted by Gasteiger charge is -1.93. The molecule has 5 nitrogen and oxygen atoms in total. The SMILES string of the molecule is CSc1nc(Cl)c2nc(-c3ccoc3)oc2n1. The monoisotopic (exact) mass is 267 g/mol. The summed E-state index contributed by atoms with van der Waals surface area (Å²) >= 11 is 7.40. The second kappa shape index (κ2) is 4.05. The van der Waals surface area contributed by atoms with Crippen molar-refractivity contribution in [2.24, 2.45) is 0 Å². The Morgan fingerprint density at radius 3 is 2.88 bits per heavy atom. The first kappa shape index (κ1) is 10.6. The first-order chi connectivity index (χ1) is 8.28. The van der Waals surface area contributed by atoms with E-state index in [0.29, 0.717) is 22.3 Å². The van der Waals surface area contributed by atoms with Gasteiger partial charge in [0.1, 0.15) is 6.26 Å². The van der Waals surface area contributed by atoms with Gasteiger partial charge in [-0.2, -0.15) is 4.98 Å². The van der Waals surface area contributed by atoms with Crippen molar-refractivity contribution in [1.82, 2.24) is 15.0 Å². The predicted octanol–water partition coefficient (Wildman–Crippen LogP) is 3.25. The van der Waals surface area contributed by atoms with Crippen LogP contribution in [0.5, 0.6) is 0 Å². The Hall–Kier alpha value is -1.53. The largest absolute Gasteiger partial charge is 0.472 e. The molecule has 0 atom stereocenters. The Balaban J connectivity index is 2.22. The third-order valence-corrected chi connectivity index (χ3v) is 2.96. The van der Waals surface area contributed by atoms with Crippen LogP contribution < -0.4 is 0 Å². The number of halogens is 1. The zero-order valence-electron chi connectivity index (χ0n) is 8.68. The number of fused-ring (bicyclic) bond motifs is 1. The van der Waals surface area contributed by atoms with Crippen LogP contribution in [-0.4, -0.2) is 21.2 Å². The number of hydrogen-bond donors (Lipinski definition) is 0. The molecule has 0 radical (unpaired) electrons. The average molecular weight is 268 g/mol. The molecule has 0 aliphatic heterocycles. The van der Waals surface area contributed by atoms with Gasteiger partial charge < -0.3 is 8.83 Å². The van der Waals surface area contributed by atoms with Crippen molar-refractivity contribution in [3.8, 4) is 11.5 Å². The first-order valence-corrected chi connectivity index (χ1v) is 6.29. The van der Waals surface area contributed by atoms with Crippen LogP contribution >= 0.6 is 23.4 Å². The van der Waals surface area contributed by atoms with E-state index in [0.717, 1.165) is 5.56 Å². The van der Waals surface area contributed by atoms with E-state index < -0.39 is 0 Å². The normalized spacial score (nSPS) is 11.2. The molecule has 17 heavy (non-hydrogen) atoms. The highest BCUT2D eigenvalue weighted by Crippen LogP contribution is 2.28. The number of aromatic nitrogens is 3. The van der Waals surface area contributed by atoms with E-state index in [4.69, 9.17) is 20.4 Å². The molecule has 86 valence electrons. The van der Waals surface area contributed by atoms with Gasteiger partial charge in [0.25, 0.3) is 5.71 Å². The van der Waals surface area contributed by atoms with Crippen LogP contribution in [0.2, 0.25) is 5.15 Å². The van der Waals surface area contributed by atoms with E-state index in [2.05, 4.69) is 15.0 Å². The first-order valence-electron chi connectivity index (χ1n) is 4.68. The zero-order chi connectivity index (χ0) is 11.8. The number of nitrogens with zero attached hydrogens (tertiary/aromatic N) is 3. The standard InChI is InChI=1S/C10H6ClN3O2S/c1-17-10-13-7(11)6-9(14-10)16-8(12-6)5-2-3-15-4-5/h2-4H,1H3. The second-order valence-corrected chi connectivity index (χ2v) is 4.32. The summed E-state index contributed by atoms with van der Waals surface area (Å²) in [5, 5.41) is 0.843. The number of oxazole rings is 1. The summed E-state index contributed by atoms with van der Waals surface area (Å²) in [5.74, 6) is 0.420. The molecule has 3 heterocycles. The Morgan fingerprint density at radius 2 is 2.18 bits per heavy atom. The molecule has 0 amide bonds. The maximum Gasteiger partial charge on any atom is 0.253 e. The van der Waals surface area contributed by atoms with Crippen molar-refractivity contribution in [3.05, 3.63) is 23.7 Å². The van der Waals surface area contributed by atoms with Crippen LogP contribution in [0.4, 0.5) is 0 Å². The molecule has 0 saturated carbocycles. The van der Waals surface area contributed by atoms with Crippen LogP contribution in [0.3, 0.4) is 0 Å². The van der Waals surface area contributed by atoms with Crippen molar-refractivity contribution in [2.75, 3.05) is 6.26 Å². The lowest BCUT2D eigenvalue weighted by Crippen LogP contribution is -1.86. The van der Waals surface area contributed by atoms with E-state index in [1.165, 1.54) is 11.8 Å². The molecule has 0 aliphatic rings. The van der Waals surface area contributed by atoms with Crippen molar-refractivity contribution in [2.45, 2.75) is 5.16 Å². The van der Waals surface area contributed by atoms with Crippen molar-refractivity contribution in [3.63, 3.8) is 0 Å². The summed E-state index contributed by atoms with van der Waals surface area (Å²) in [6.07, 6.45) is 4.96. The minimum Gasteiger partial charge on any atom is -0.472 e. The molecule has 3 aromatic rings. The molecular weight excluding hydrogens is 262 g/mol. The summed E-state index contributed by atoms with van der Waals surface area (Å²) < 4.78 is 10.5. The van der Waals surface area contributed by atoms with Gasteiger partial charge in [-0.05, 0) is 12.3 Å². The molecule has 0 saturated heterocycles. The van der Waals surface area contributed by atoms with Gasteiger partial charge in [0, 0.05) is 0 Å². The van der Waals surface area contributed by atoms with E-state index >= 15 is 0 Å². The van der Waals surface area contributed by atoms with Gasteiger partial charge in [0.15, 0.2) is 15.8 Å². The Kier molecular flexibility index (Phi) is 2.53. The molecule has 0 bridgehead atoms. The van der Waals surface area contributed by atoms with Crippen molar-refractivity contribution < 1.29 is 8.83 Å². The second-order valence-electron chi connectivity index (χ2n) is 3.19. The number of hydrogen-bond acceptors (Lipinski definition) is 6. The average Bonchev–Trinajstić information content (AvgIpc) is 2.96. The fraction of sp³-hybridized carbons (Fsp3) is 0.100. The van der Waals surface area contributed by atoms with Crippen molar-refractivity contribution >= 4 is 34.6 Å². The Bertz CT molecular complexity index is 666. The third-order valence-electron chi connectivity index (χ3n) is 2.15. The molecule has 0 aliphatic carbocycles. The topological polar surface area (TPSA) is 65.0 Å². The van der Waals surface area contributed by atoms with Gasteiger partial charge in [-0.25, -0.2) is 9.97 Å². The Labute approximate surface area is 105 Å². The maximum absolute atomic E-state index is 6.01. The van der Waals surface area contributed by atoms with Crippen LogP contribution in [0, 0.1) is 0 Å². The summed E-state index contributed by atoms with van der Waals surface area (Å²) in [4.78, 5) is 12.5. The highest BCUT2D eigenvalue weighted by atomic mass is 35.5. The zero-order valence-corrected chi connectivity index (χ0v) is 10.2. The summed E-state index contributed by atoms with van der Waals surface area (Å²) in [5.41, 5.74) is 1.58. The van der Waals surface area contributed by atoms with E-state index in [9.17, 15) is 0 Å². The van der Waals surface area contributed by atoms with Gasteiger partial charge in [-0.3, -0.25) is 0 Å². The fourth-order valence-corrected chi connectivity index (χ4v) is 1.98. The molecule has 0 fully saturated rings. The molecule has 0 spiro atoms. The highest BCUT2D eigenvalue weighted by Gasteiger charge is 2.15. The Morgan fingerprint density at radius 1 is 1.29 bits per heavy atom. The van der Waals surface area contributed by atoms with Crippen LogP contribution in [0.15, 0.2) is 32.6 Å². The van der Waals surface area contributed by atoms with Crippen LogP contribution in [-0.2, 0) is 0 Å². The van der Waals surface area contributed by atoms with Gasteiger partial charge >= 0.3 is 0 Å². The number of furan rings is 1. The highest BCUT2D eigenvalue weighted by molar-refractivity contribution is 7.98. The quantitative estimate of drug-likeness (QED) is 0.403. The summed E-state index contributed by atoms with van der Waals surface area (Å²) in [6.45, 7) is 0. The predicted molar refractivity (Wildman–Crippen MR) is 64.1 cm³/mol. The van der Waals surface area contributed by atoms with E-state index in [1.54, 1.807) is 18.6 Å². The van der Waals surface area contributed by atoms with E-state index in [-0.39, 0.29) is 5.15 Å². The van der Waals surface area contributed by atoms with Crippen LogP contribution in [0.1, 0.15) is 0 Å². The van der Waals surface area contributed by atoms with Gasteiger partial charge in [-0.1, -0.05) is 23.4 Å². The van der Waals surface area contributed by atoms with Crippen molar-refractivity contribution in [1.29, 1.82) is 0 Å². The lowest BCUT2D eigenvalue weighted by atomic mass is 10.3. The number of rotatable bonds is 2. The lowest BCUT2D eigenvalue weighted by molar-refractivity contribution is 0.563. The molecule has 3 rings (SSSR count). The minimum atomic E-state index is 0.290. The maximum atomic E-state index is 6.01. The fourth-order valence-electron chi connectivity index (χ4n) is 1.37. The molecular formula is C10H6ClN3O2S. The molecule has 3 aromatic heterocycles. The van der Waals surface area contributed by atoms with Gasteiger partial charge in [0.05, 0.1) is 11.8 Å². The molecule has 0 aromatic carbocycles. The molecule has 0 N–H and O–H groups in total. The summed E-state index contributed by atoms with van der Waals surface area (Å²) in [6, 6.07) is 1.75. The smallest absolute Gasteiger partial charge is 0.253 e. The summed E-state index contributed by atoms with van der Waals surface area (Å²) in [7, 11) is 0.